The molecule has 1 N–H and O–H groups in total. The average Bonchev–Trinajstić information content (AvgIpc) is 2.21. The molecule has 1 aromatic carbocycles. The third-order valence-corrected chi connectivity index (χ3v) is 1.90. The molecule has 0 saturated heterocycles. The molecular weight excluding hydrogens is 209 g/mol. The van der Waals surface area contributed by atoms with Gasteiger partial charge in [-0.1, -0.05) is 6.92 Å². The summed E-state index contributed by atoms with van der Waals surface area (Å²) in [5, 5.41) is 2.58. The largest absolute Gasteiger partial charge is 0.488 e. The lowest BCUT2D eigenvalue weighted by Crippen LogP contribution is -2.10. The van der Waals surface area contributed by atoms with Gasteiger partial charge in [-0.05, 0) is 26.0 Å². The van der Waals surface area contributed by atoms with E-state index < -0.39 is 5.82 Å². The van der Waals surface area contributed by atoms with Crippen LogP contribution in [0.2, 0.25) is 0 Å². The number of nitrogens with one attached hydrogen (secondary N) is 1. The van der Waals surface area contributed by atoms with Gasteiger partial charge in [-0.2, -0.15) is 0 Å². The second-order valence-corrected chi connectivity index (χ2v) is 3.71. The number of amides is 1. The van der Waals surface area contributed by atoms with E-state index in [9.17, 15) is 9.18 Å². The lowest BCUT2D eigenvalue weighted by atomic mass is 10.2. The smallest absolute Gasteiger partial charge is 0.224 e. The maximum absolute atomic E-state index is 13.5. The van der Waals surface area contributed by atoms with E-state index in [4.69, 9.17) is 4.74 Å². The van der Waals surface area contributed by atoms with Gasteiger partial charge in [0.2, 0.25) is 5.91 Å². The van der Waals surface area contributed by atoms with Crippen molar-refractivity contribution in [1.82, 2.24) is 0 Å². The van der Waals surface area contributed by atoms with Gasteiger partial charge in [0.1, 0.15) is 0 Å². The zero-order valence-electron chi connectivity index (χ0n) is 9.71. The molecule has 0 aliphatic rings. The molecule has 1 rings (SSSR count). The third-order valence-electron chi connectivity index (χ3n) is 1.90. The molecule has 0 spiro atoms. The molecule has 0 fully saturated rings. The summed E-state index contributed by atoms with van der Waals surface area (Å²) in [5.74, 6) is -0.413. The van der Waals surface area contributed by atoms with Crippen molar-refractivity contribution in [2.24, 2.45) is 0 Å². The fourth-order valence-electron chi connectivity index (χ4n) is 1.18. The minimum Gasteiger partial charge on any atom is -0.488 e. The molecule has 1 aromatic rings. The van der Waals surface area contributed by atoms with Crippen LogP contribution in [0.3, 0.4) is 0 Å². The standard InChI is InChI=1S/C12H16FNO2/c1-4-12(15)14-9-5-6-11(10(13)7-9)16-8(2)3/h5-8H,4H2,1-3H3,(H,14,15). The molecule has 0 saturated carbocycles. The van der Waals surface area contributed by atoms with Crippen molar-refractivity contribution >= 4 is 11.6 Å². The van der Waals surface area contributed by atoms with Crippen molar-refractivity contribution in [2.45, 2.75) is 33.3 Å². The molecule has 88 valence electrons. The average molecular weight is 225 g/mol. The van der Waals surface area contributed by atoms with Crippen LogP contribution in [0.15, 0.2) is 18.2 Å². The van der Waals surface area contributed by atoms with Crippen molar-refractivity contribution in [2.75, 3.05) is 5.32 Å². The van der Waals surface area contributed by atoms with Crippen LogP contribution in [0.4, 0.5) is 10.1 Å². The van der Waals surface area contributed by atoms with Gasteiger partial charge in [-0.15, -0.1) is 0 Å². The number of hydrogen-bond acceptors (Lipinski definition) is 2. The molecule has 4 heteroatoms. The fourth-order valence-corrected chi connectivity index (χ4v) is 1.18. The van der Waals surface area contributed by atoms with Crippen LogP contribution in [-0.4, -0.2) is 12.0 Å². The van der Waals surface area contributed by atoms with Gasteiger partial charge in [-0.3, -0.25) is 4.79 Å². The maximum Gasteiger partial charge on any atom is 0.224 e. The summed E-state index contributed by atoms with van der Waals surface area (Å²) < 4.78 is 18.7. The molecule has 3 nitrogen and oxygen atoms in total. The van der Waals surface area contributed by atoms with E-state index in [1.807, 2.05) is 13.8 Å². The molecule has 16 heavy (non-hydrogen) atoms. The van der Waals surface area contributed by atoms with Gasteiger partial charge in [-0.25, -0.2) is 4.39 Å². The Hall–Kier alpha value is -1.58. The number of hydrogen-bond donors (Lipinski definition) is 1. The van der Waals surface area contributed by atoms with E-state index in [1.54, 1.807) is 13.0 Å². The third kappa shape index (κ3) is 3.53. The predicted octanol–water partition coefficient (Wildman–Crippen LogP) is 2.96. The lowest BCUT2D eigenvalue weighted by Gasteiger charge is -2.11. The summed E-state index contributed by atoms with van der Waals surface area (Å²) in [6, 6.07) is 4.39. The van der Waals surface area contributed by atoms with E-state index in [2.05, 4.69) is 5.32 Å². The van der Waals surface area contributed by atoms with Crippen LogP contribution in [0.1, 0.15) is 27.2 Å². The van der Waals surface area contributed by atoms with E-state index >= 15 is 0 Å². The van der Waals surface area contributed by atoms with Crippen molar-refractivity contribution in [3.8, 4) is 5.75 Å². The monoisotopic (exact) mass is 225 g/mol. The number of ether oxygens (including phenoxy) is 1. The number of benzene rings is 1. The summed E-state index contributed by atoms with van der Waals surface area (Å²) in [7, 11) is 0. The van der Waals surface area contributed by atoms with Gasteiger partial charge < -0.3 is 10.1 Å². The van der Waals surface area contributed by atoms with Crippen molar-refractivity contribution < 1.29 is 13.9 Å². The number of carbonyl (C=O) groups excluding carboxylic acids is 1. The second kappa shape index (κ2) is 5.49. The quantitative estimate of drug-likeness (QED) is 0.855. The Balaban J connectivity index is 2.78. The number of halogens is 1. The first-order valence-corrected chi connectivity index (χ1v) is 5.29. The molecule has 0 bridgehead atoms. The number of anilines is 1. The Labute approximate surface area is 94.6 Å². The Kier molecular flexibility index (Phi) is 4.28. The molecule has 0 aromatic heterocycles. The first kappa shape index (κ1) is 12.5. The first-order chi connectivity index (χ1) is 7.52. The highest BCUT2D eigenvalue weighted by Crippen LogP contribution is 2.22. The highest BCUT2D eigenvalue weighted by Gasteiger charge is 2.07. The molecule has 0 aliphatic carbocycles. The lowest BCUT2D eigenvalue weighted by molar-refractivity contribution is -0.115. The Morgan fingerprint density at radius 2 is 2.19 bits per heavy atom. The van der Waals surface area contributed by atoms with Gasteiger partial charge in [0.15, 0.2) is 11.6 Å². The number of rotatable bonds is 4. The van der Waals surface area contributed by atoms with Crippen LogP contribution >= 0.6 is 0 Å². The Morgan fingerprint density at radius 1 is 1.50 bits per heavy atom. The molecule has 1 amide bonds. The zero-order chi connectivity index (χ0) is 12.1. The first-order valence-electron chi connectivity index (χ1n) is 5.29. The number of carbonyl (C=O) groups is 1. The maximum atomic E-state index is 13.5. The predicted molar refractivity (Wildman–Crippen MR) is 61.1 cm³/mol. The van der Waals surface area contributed by atoms with Gasteiger partial charge >= 0.3 is 0 Å². The van der Waals surface area contributed by atoms with Crippen LogP contribution in [0.5, 0.6) is 5.75 Å². The van der Waals surface area contributed by atoms with Crippen LogP contribution < -0.4 is 10.1 Å². The second-order valence-electron chi connectivity index (χ2n) is 3.71. The summed E-state index contributed by atoms with van der Waals surface area (Å²) >= 11 is 0. The van der Waals surface area contributed by atoms with Crippen LogP contribution in [-0.2, 0) is 4.79 Å². The van der Waals surface area contributed by atoms with Gasteiger partial charge in [0.05, 0.1) is 6.10 Å². The summed E-state index contributed by atoms with van der Waals surface area (Å²) in [5.41, 5.74) is 0.445. The van der Waals surface area contributed by atoms with E-state index in [1.165, 1.54) is 12.1 Å². The van der Waals surface area contributed by atoms with Crippen molar-refractivity contribution in [3.63, 3.8) is 0 Å². The Bertz CT molecular complexity index is 377. The molecule has 0 unspecified atom stereocenters. The summed E-state index contributed by atoms with van der Waals surface area (Å²) in [4.78, 5) is 11.1. The molecular formula is C12H16FNO2. The summed E-state index contributed by atoms with van der Waals surface area (Å²) in [6.07, 6.45) is 0.289. The topological polar surface area (TPSA) is 38.3 Å². The SMILES string of the molecule is CCC(=O)Nc1ccc(OC(C)C)c(F)c1. The van der Waals surface area contributed by atoms with E-state index in [-0.39, 0.29) is 17.8 Å². The minimum absolute atomic E-state index is 0.0782. The highest BCUT2D eigenvalue weighted by atomic mass is 19.1. The van der Waals surface area contributed by atoms with Crippen molar-refractivity contribution in [1.29, 1.82) is 0 Å². The van der Waals surface area contributed by atoms with E-state index in [0.29, 0.717) is 12.1 Å². The highest BCUT2D eigenvalue weighted by molar-refractivity contribution is 5.90. The normalized spacial score (nSPS) is 10.3. The molecule has 0 heterocycles. The van der Waals surface area contributed by atoms with Crippen molar-refractivity contribution in [3.05, 3.63) is 24.0 Å². The minimum atomic E-state index is -0.470. The zero-order valence-corrected chi connectivity index (χ0v) is 9.71. The molecule has 0 aliphatic heterocycles. The van der Waals surface area contributed by atoms with Crippen LogP contribution in [0, 0.1) is 5.82 Å². The molecule has 0 radical (unpaired) electrons. The van der Waals surface area contributed by atoms with Crippen LogP contribution in [0.25, 0.3) is 0 Å². The fraction of sp³-hybridized carbons (Fsp3) is 0.417. The van der Waals surface area contributed by atoms with Gasteiger partial charge in [0.25, 0.3) is 0 Å². The Morgan fingerprint density at radius 3 is 2.69 bits per heavy atom. The summed E-state index contributed by atoms with van der Waals surface area (Å²) in [6.45, 7) is 5.39. The molecule has 0 atom stereocenters. The van der Waals surface area contributed by atoms with Gasteiger partial charge in [0, 0.05) is 18.2 Å². The van der Waals surface area contributed by atoms with E-state index in [0.717, 1.165) is 0 Å².